The lowest BCUT2D eigenvalue weighted by Gasteiger charge is -2.14. The van der Waals surface area contributed by atoms with E-state index in [-0.39, 0.29) is 0 Å². The topological polar surface area (TPSA) is 64.9 Å². The molecule has 104 valence electrons. The van der Waals surface area contributed by atoms with Crippen LogP contribution < -0.4 is 5.73 Å². The van der Waals surface area contributed by atoms with Crippen molar-refractivity contribution in [3.8, 4) is 10.7 Å². The molecule has 2 rings (SSSR count). The van der Waals surface area contributed by atoms with Crippen LogP contribution in [0, 0.1) is 11.8 Å². The summed E-state index contributed by atoms with van der Waals surface area (Å²) in [5.41, 5.74) is 5.80. The van der Waals surface area contributed by atoms with E-state index in [4.69, 9.17) is 10.3 Å². The van der Waals surface area contributed by atoms with Gasteiger partial charge in [0.1, 0.15) is 0 Å². The van der Waals surface area contributed by atoms with Crippen molar-refractivity contribution in [1.29, 1.82) is 0 Å². The molecule has 0 aliphatic heterocycles. The molecule has 0 aliphatic rings. The predicted molar refractivity (Wildman–Crippen MR) is 81.0 cm³/mol. The molecule has 4 nitrogen and oxygen atoms in total. The van der Waals surface area contributed by atoms with E-state index < -0.39 is 0 Å². The Hall–Kier alpha value is -0.720. The van der Waals surface area contributed by atoms with Gasteiger partial charge in [0, 0.05) is 16.3 Å². The van der Waals surface area contributed by atoms with E-state index in [0.29, 0.717) is 30.1 Å². The quantitative estimate of drug-likeness (QED) is 0.867. The van der Waals surface area contributed by atoms with Gasteiger partial charge < -0.3 is 10.3 Å². The van der Waals surface area contributed by atoms with E-state index in [1.165, 1.54) is 0 Å². The zero-order valence-electron chi connectivity index (χ0n) is 11.1. The number of nitrogens with two attached hydrogens (primary N) is 1. The normalized spacial score (nSPS) is 13.1. The largest absolute Gasteiger partial charge is 0.339 e. The third-order valence-corrected chi connectivity index (χ3v) is 4.54. The van der Waals surface area contributed by atoms with E-state index in [1.54, 1.807) is 11.3 Å². The second-order valence-electron chi connectivity index (χ2n) is 5.08. The fourth-order valence-corrected chi connectivity index (χ4v) is 3.40. The van der Waals surface area contributed by atoms with Gasteiger partial charge in [0.15, 0.2) is 0 Å². The number of halogens is 1. The molecule has 0 spiro atoms. The standard InChI is InChI=1S/C13H18BrN3OS/c1-8(2)3-9(6-15)4-12-16-13(17-18-12)11-5-10(14)7-19-11/h5,7-9H,3-4,6,15H2,1-2H3. The number of hydrogen-bond donors (Lipinski definition) is 1. The highest BCUT2D eigenvalue weighted by Gasteiger charge is 2.16. The first-order valence-electron chi connectivity index (χ1n) is 6.35. The summed E-state index contributed by atoms with van der Waals surface area (Å²) < 4.78 is 6.36. The van der Waals surface area contributed by atoms with E-state index in [0.717, 1.165) is 22.2 Å². The van der Waals surface area contributed by atoms with Crippen LogP contribution in [0.25, 0.3) is 10.7 Å². The Labute approximate surface area is 125 Å². The zero-order valence-corrected chi connectivity index (χ0v) is 13.5. The van der Waals surface area contributed by atoms with E-state index in [1.807, 2.05) is 11.4 Å². The molecule has 1 atom stereocenters. The van der Waals surface area contributed by atoms with Crippen molar-refractivity contribution in [2.24, 2.45) is 17.6 Å². The van der Waals surface area contributed by atoms with Crippen LogP contribution in [0.2, 0.25) is 0 Å². The number of hydrogen-bond acceptors (Lipinski definition) is 5. The van der Waals surface area contributed by atoms with Crippen LogP contribution in [0.4, 0.5) is 0 Å². The van der Waals surface area contributed by atoms with Crippen LogP contribution in [0.15, 0.2) is 20.4 Å². The number of nitrogens with zero attached hydrogens (tertiary/aromatic N) is 2. The lowest BCUT2D eigenvalue weighted by Crippen LogP contribution is -2.19. The molecule has 0 aliphatic carbocycles. The van der Waals surface area contributed by atoms with Crippen molar-refractivity contribution in [3.05, 3.63) is 21.8 Å². The SMILES string of the molecule is CC(C)CC(CN)Cc1nc(-c2cc(Br)cs2)no1. The molecule has 0 saturated heterocycles. The minimum Gasteiger partial charge on any atom is -0.339 e. The minimum atomic E-state index is 0.406. The summed E-state index contributed by atoms with van der Waals surface area (Å²) in [6.07, 6.45) is 1.84. The molecule has 2 N–H and O–H groups in total. The van der Waals surface area contributed by atoms with Gasteiger partial charge in [-0.3, -0.25) is 0 Å². The van der Waals surface area contributed by atoms with E-state index in [2.05, 4.69) is 39.9 Å². The Morgan fingerprint density at radius 1 is 1.47 bits per heavy atom. The van der Waals surface area contributed by atoms with Gasteiger partial charge in [0.05, 0.1) is 4.88 Å². The summed E-state index contributed by atoms with van der Waals surface area (Å²) in [6.45, 7) is 5.05. The minimum absolute atomic E-state index is 0.406. The maximum Gasteiger partial charge on any atom is 0.227 e. The first-order valence-corrected chi connectivity index (χ1v) is 8.02. The first-order chi connectivity index (χ1) is 9.08. The van der Waals surface area contributed by atoms with Gasteiger partial charge in [-0.25, -0.2) is 0 Å². The molecule has 2 heterocycles. The molecule has 0 bridgehead atoms. The van der Waals surface area contributed by atoms with Crippen molar-refractivity contribution < 1.29 is 4.52 Å². The second kappa shape index (κ2) is 6.63. The summed E-state index contributed by atoms with van der Waals surface area (Å²) in [7, 11) is 0. The Morgan fingerprint density at radius 2 is 2.26 bits per heavy atom. The molecule has 0 radical (unpaired) electrons. The fraction of sp³-hybridized carbons (Fsp3) is 0.538. The third-order valence-electron chi connectivity index (χ3n) is 2.86. The van der Waals surface area contributed by atoms with Gasteiger partial charge in [-0.1, -0.05) is 19.0 Å². The highest BCUT2D eigenvalue weighted by Crippen LogP contribution is 2.28. The first kappa shape index (κ1) is 14.7. The maximum absolute atomic E-state index is 5.80. The van der Waals surface area contributed by atoms with Crippen LogP contribution in [0.3, 0.4) is 0 Å². The molecule has 0 amide bonds. The lowest BCUT2D eigenvalue weighted by molar-refractivity contribution is 0.332. The smallest absolute Gasteiger partial charge is 0.227 e. The van der Waals surface area contributed by atoms with Gasteiger partial charge in [0.2, 0.25) is 11.7 Å². The van der Waals surface area contributed by atoms with Gasteiger partial charge in [-0.15, -0.1) is 11.3 Å². The highest BCUT2D eigenvalue weighted by molar-refractivity contribution is 9.10. The average molecular weight is 344 g/mol. The Balaban J connectivity index is 2.04. The van der Waals surface area contributed by atoms with Crippen molar-refractivity contribution in [2.45, 2.75) is 26.7 Å². The third kappa shape index (κ3) is 4.12. The van der Waals surface area contributed by atoms with Gasteiger partial charge in [-0.05, 0) is 46.8 Å². The predicted octanol–water partition coefficient (Wildman–Crippen LogP) is 3.72. The Kier molecular flexibility index (Phi) is 5.13. The zero-order chi connectivity index (χ0) is 13.8. The number of aromatic nitrogens is 2. The van der Waals surface area contributed by atoms with E-state index in [9.17, 15) is 0 Å². The van der Waals surface area contributed by atoms with Gasteiger partial charge in [0.25, 0.3) is 0 Å². The number of thiophene rings is 1. The van der Waals surface area contributed by atoms with Crippen LogP contribution >= 0.6 is 27.3 Å². The Morgan fingerprint density at radius 3 is 2.84 bits per heavy atom. The van der Waals surface area contributed by atoms with Crippen molar-refractivity contribution in [2.75, 3.05) is 6.54 Å². The van der Waals surface area contributed by atoms with Gasteiger partial charge in [-0.2, -0.15) is 4.98 Å². The molecular formula is C13H18BrN3OS. The molecule has 0 fully saturated rings. The molecule has 0 aromatic carbocycles. The second-order valence-corrected chi connectivity index (χ2v) is 6.90. The average Bonchev–Trinajstić information content (AvgIpc) is 2.96. The summed E-state index contributed by atoms with van der Waals surface area (Å²) in [5, 5.41) is 6.04. The number of rotatable bonds is 6. The summed E-state index contributed by atoms with van der Waals surface area (Å²) >= 11 is 5.02. The Bertz CT molecular complexity index is 523. The fourth-order valence-electron chi connectivity index (χ4n) is 2.04. The maximum atomic E-state index is 5.80. The molecule has 0 saturated carbocycles. The molecule has 6 heteroatoms. The molecule has 2 aromatic rings. The molecule has 2 aromatic heterocycles. The monoisotopic (exact) mass is 343 g/mol. The summed E-state index contributed by atoms with van der Waals surface area (Å²) in [6, 6.07) is 1.99. The van der Waals surface area contributed by atoms with Crippen molar-refractivity contribution >= 4 is 27.3 Å². The summed E-state index contributed by atoms with van der Waals surface area (Å²) in [4.78, 5) is 5.45. The lowest BCUT2D eigenvalue weighted by atomic mass is 9.94. The van der Waals surface area contributed by atoms with Crippen LogP contribution in [-0.4, -0.2) is 16.7 Å². The van der Waals surface area contributed by atoms with Crippen molar-refractivity contribution in [1.82, 2.24) is 10.1 Å². The van der Waals surface area contributed by atoms with Gasteiger partial charge >= 0.3 is 0 Å². The van der Waals surface area contributed by atoms with Crippen LogP contribution in [-0.2, 0) is 6.42 Å². The molecule has 1 unspecified atom stereocenters. The molecular weight excluding hydrogens is 326 g/mol. The highest BCUT2D eigenvalue weighted by atomic mass is 79.9. The van der Waals surface area contributed by atoms with Crippen LogP contribution in [0.5, 0.6) is 0 Å². The van der Waals surface area contributed by atoms with Crippen molar-refractivity contribution in [3.63, 3.8) is 0 Å². The summed E-state index contributed by atoms with van der Waals surface area (Å²) in [5.74, 6) is 2.37. The van der Waals surface area contributed by atoms with E-state index >= 15 is 0 Å². The molecule has 19 heavy (non-hydrogen) atoms. The van der Waals surface area contributed by atoms with Crippen LogP contribution in [0.1, 0.15) is 26.2 Å².